The molecule has 0 aliphatic rings. The summed E-state index contributed by atoms with van der Waals surface area (Å²) in [6, 6.07) is 17.2. The highest BCUT2D eigenvalue weighted by Crippen LogP contribution is 2.27. The number of hydrogen-bond donors (Lipinski definition) is 2. The van der Waals surface area contributed by atoms with Gasteiger partial charge in [-0.25, -0.2) is 8.42 Å². The van der Waals surface area contributed by atoms with E-state index in [0.717, 1.165) is 12.7 Å². The molecule has 3 aromatic carbocycles. The first kappa shape index (κ1) is 24.3. The first-order chi connectivity index (χ1) is 15.7. The predicted molar refractivity (Wildman–Crippen MR) is 129 cm³/mol. The van der Waals surface area contributed by atoms with Crippen LogP contribution < -0.4 is 15.4 Å². The van der Waals surface area contributed by atoms with Gasteiger partial charge in [0, 0.05) is 23.1 Å². The molecule has 0 unspecified atom stereocenters. The molecular weight excluding hydrogens is 464 g/mol. The molecule has 0 fully saturated rings. The lowest BCUT2D eigenvalue weighted by atomic mass is 10.2. The summed E-state index contributed by atoms with van der Waals surface area (Å²) in [6.07, 6.45) is 1.97. The minimum Gasteiger partial charge on any atom is -0.494 e. The summed E-state index contributed by atoms with van der Waals surface area (Å²) < 4.78 is 28.9. The molecule has 3 rings (SSSR count). The molecule has 172 valence electrons. The van der Waals surface area contributed by atoms with E-state index in [9.17, 15) is 18.0 Å². The number of amides is 2. The van der Waals surface area contributed by atoms with Gasteiger partial charge in [-0.3, -0.25) is 9.59 Å². The normalized spacial score (nSPS) is 11.0. The highest BCUT2D eigenvalue weighted by Gasteiger charge is 2.14. The van der Waals surface area contributed by atoms with Crippen molar-refractivity contribution in [3.05, 3.63) is 82.9 Å². The first-order valence-electron chi connectivity index (χ1n) is 10.1. The van der Waals surface area contributed by atoms with Gasteiger partial charge >= 0.3 is 0 Å². The minimum atomic E-state index is -3.44. The SMILES string of the molecule is CCCOc1ccc(C(=O)Nc2ccc(NC(=O)c3cccc(S(C)(=O)=O)c3)c(Cl)c2)cc1. The molecule has 0 radical (unpaired) electrons. The maximum atomic E-state index is 12.5. The van der Waals surface area contributed by atoms with Crippen LogP contribution in [0.4, 0.5) is 11.4 Å². The van der Waals surface area contributed by atoms with Crippen molar-refractivity contribution in [2.45, 2.75) is 18.2 Å². The van der Waals surface area contributed by atoms with Crippen LogP contribution in [-0.2, 0) is 9.84 Å². The minimum absolute atomic E-state index is 0.0456. The molecule has 0 bridgehead atoms. The van der Waals surface area contributed by atoms with E-state index in [-0.39, 0.29) is 21.4 Å². The Balaban J connectivity index is 1.67. The van der Waals surface area contributed by atoms with Gasteiger partial charge < -0.3 is 15.4 Å². The Bertz CT molecular complexity index is 1270. The highest BCUT2D eigenvalue weighted by atomic mass is 35.5. The molecule has 0 saturated carbocycles. The van der Waals surface area contributed by atoms with Crippen LogP contribution in [0, 0.1) is 0 Å². The Morgan fingerprint density at radius 2 is 1.61 bits per heavy atom. The zero-order valence-corrected chi connectivity index (χ0v) is 19.7. The zero-order chi connectivity index (χ0) is 24.0. The monoisotopic (exact) mass is 486 g/mol. The number of carbonyl (C=O) groups excluding carboxylic acids is 2. The molecule has 7 nitrogen and oxygen atoms in total. The highest BCUT2D eigenvalue weighted by molar-refractivity contribution is 7.90. The lowest BCUT2D eigenvalue weighted by Crippen LogP contribution is -2.14. The van der Waals surface area contributed by atoms with Crippen molar-refractivity contribution in [3.63, 3.8) is 0 Å². The van der Waals surface area contributed by atoms with Crippen LogP contribution in [0.1, 0.15) is 34.1 Å². The van der Waals surface area contributed by atoms with E-state index >= 15 is 0 Å². The van der Waals surface area contributed by atoms with Crippen molar-refractivity contribution in [3.8, 4) is 5.75 Å². The molecule has 2 amide bonds. The summed E-state index contributed by atoms with van der Waals surface area (Å²) in [7, 11) is -3.44. The smallest absolute Gasteiger partial charge is 0.255 e. The molecule has 0 saturated heterocycles. The first-order valence-corrected chi connectivity index (χ1v) is 12.4. The molecule has 0 atom stereocenters. The van der Waals surface area contributed by atoms with Crippen LogP contribution in [0.15, 0.2) is 71.6 Å². The third-order valence-corrected chi connectivity index (χ3v) is 6.01. The Hall–Kier alpha value is -3.36. The number of benzene rings is 3. The fourth-order valence-electron chi connectivity index (χ4n) is 2.88. The van der Waals surface area contributed by atoms with Crippen molar-refractivity contribution in [2.75, 3.05) is 23.5 Å². The zero-order valence-electron chi connectivity index (χ0n) is 18.1. The standard InChI is InChI=1S/C24H23ClN2O5S/c1-3-13-32-19-10-7-16(8-11-19)23(28)26-18-9-12-22(21(25)15-18)27-24(29)17-5-4-6-20(14-17)33(2,30)31/h4-12,14-15H,3,13H2,1-2H3,(H,26,28)(H,27,29). The maximum absolute atomic E-state index is 12.5. The molecular formula is C24H23ClN2O5S. The largest absolute Gasteiger partial charge is 0.494 e. The van der Waals surface area contributed by atoms with Crippen molar-refractivity contribution in [1.82, 2.24) is 0 Å². The molecule has 0 spiro atoms. The van der Waals surface area contributed by atoms with Crippen LogP contribution >= 0.6 is 11.6 Å². The summed E-state index contributed by atoms with van der Waals surface area (Å²) in [5.74, 6) is -0.134. The molecule has 33 heavy (non-hydrogen) atoms. The van der Waals surface area contributed by atoms with E-state index in [4.69, 9.17) is 16.3 Å². The fourth-order valence-corrected chi connectivity index (χ4v) is 3.78. The lowest BCUT2D eigenvalue weighted by molar-refractivity contribution is 0.101. The number of ether oxygens (including phenoxy) is 1. The van der Waals surface area contributed by atoms with Gasteiger partial charge in [-0.05, 0) is 67.1 Å². The molecule has 0 aliphatic heterocycles. The predicted octanol–water partition coefficient (Wildman–Crippen LogP) is 5.04. The van der Waals surface area contributed by atoms with Gasteiger partial charge in [0.2, 0.25) is 0 Å². The summed E-state index contributed by atoms with van der Waals surface area (Å²) in [4.78, 5) is 25.1. The third-order valence-electron chi connectivity index (χ3n) is 4.59. The van der Waals surface area contributed by atoms with Gasteiger partial charge in [-0.15, -0.1) is 0 Å². The lowest BCUT2D eigenvalue weighted by Gasteiger charge is -2.11. The topological polar surface area (TPSA) is 102 Å². The average Bonchev–Trinajstić information content (AvgIpc) is 2.79. The second-order valence-electron chi connectivity index (χ2n) is 7.28. The number of halogens is 1. The van der Waals surface area contributed by atoms with Gasteiger partial charge in [0.1, 0.15) is 5.75 Å². The number of hydrogen-bond acceptors (Lipinski definition) is 5. The van der Waals surface area contributed by atoms with Crippen LogP contribution in [-0.4, -0.2) is 33.1 Å². The number of nitrogens with one attached hydrogen (secondary N) is 2. The van der Waals surface area contributed by atoms with Crippen molar-refractivity contribution < 1.29 is 22.7 Å². The molecule has 0 aromatic heterocycles. The van der Waals surface area contributed by atoms with Crippen LogP contribution in [0.2, 0.25) is 5.02 Å². The van der Waals surface area contributed by atoms with E-state index in [2.05, 4.69) is 10.6 Å². The molecule has 2 N–H and O–H groups in total. The molecule has 3 aromatic rings. The van der Waals surface area contributed by atoms with Crippen molar-refractivity contribution >= 4 is 44.6 Å². The van der Waals surface area contributed by atoms with E-state index in [1.54, 1.807) is 36.4 Å². The van der Waals surface area contributed by atoms with E-state index in [1.165, 1.54) is 30.3 Å². The number of rotatable bonds is 8. The van der Waals surface area contributed by atoms with E-state index in [1.807, 2.05) is 6.92 Å². The Labute approximate surface area is 197 Å². The van der Waals surface area contributed by atoms with E-state index in [0.29, 0.717) is 29.3 Å². The fraction of sp³-hybridized carbons (Fsp3) is 0.167. The van der Waals surface area contributed by atoms with Gasteiger partial charge in [-0.1, -0.05) is 24.6 Å². The maximum Gasteiger partial charge on any atom is 0.255 e. The quantitative estimate of drug-likeness (QED) is 0.464. The average molecular weight is 487 g/mol. The second kappa shape index (κ2) is 10.5. The Morgan fingerprint density at radius 3 is 2.24 bits per heavy atom. The van der Waals surface area contributed by atoms with E-state index < -0.39 is 15.7 Å². The van der Waals surface area contributed by atoms with Gasteiger partial charge in [0.05, 0.1) is 22.2 Å². The van der Waals surface area contributed by atoms with Crippen LogP contribution in [0.25, 0.3) is 0 Å². The Kier molecular flexibility index (Phi) is 7.73. The number of carbonyl (C=O) groups is 2. The molecule has 0 aliphatic carbocycles. The van der Waals surface area contributed by atoms with Gasteiger partial charge in [-0.2, -0.15) is 0 Å². The third kappa shape index (κ3) is 6.57. The van der Waals surface area contributed by atoms with Crippen molar-refractivity contribution in [2.24, 2.45) is 0 Å². The molecule has 0 heterocycles. The summed E-state index contributed by atoms with van der Waals surface area (Å²) in [5.41, 5.74) is 1.41. The summed E-state index contributed by atoms with van der Waals surface area (Å²) >= 11 is 6.29. The van der Waals surface area contributed by atoms with Gasteiger partial charge in [0.15, 0.2) is 9.84 Å². The number of anilines is 2. The van der Waals surface area contributed by atoms with Gasteiger partial charge in [0.25, 0.3) is 11.8 Å². The molecule has 9 heteroatoms. The van der Waals surface area contributed by atoms with Crippen molar-refractivity contribution in [1.29, 1.82) is 0 Å². The summed E-state index contributed by atoms with van der Waals surface area (Å²) in [6.45, 7) is 2.62. The second-order valence-corrected chi connectivity index (χ2v) is 9.70. The number of sulfone groups is 1. The van der Waals surface area contributed by atoms with Crippen LogP contribution in [0.3, 0.4) is 0 Å². The Morgan fingerprint density at radius 1 is 0.909 bits per heavy atom. The van der Waals surface area contributed by atoms with Crippen LogP contribution in [0.5, 0.6) is 5.75 Å². The summed E-state index contributed by atoms with van der Waals surface area (Å²) in [5, 5.41) is 5.61.